The van der Waals surface area contributed by atoms with Crippen molar-refractivity contribution in [2.75, 3.05) is 5.01 Å². The van der Waals surface area contributed by atoms with E-state index in [1.165, 1.54) is 0 Å². The van der Waals surface area contributed by atoms with Gasteiger partial charge in [-0.1, -0.05) is 25.1 Å². The molecule has 1 aliphatic heterocycles. The predicted molar refractivity (Wildman–Crippen MR) is 59.3 cm³/mol. The van der Waals surface area contributed by atoms with Gasteiger partial charge in [0.05, 0.1) is 5.69 Å². The fourth-order valence-electron chi connectivity index (χ4n) is 1.54. The van der Waals surface area contributed by atoms with Crippen molar-refractivity contribution in [2.45, 2.75) is 25.9 Å². The van der Waals surface area contributed by atoms with E-state index in [4.69, 9.17) is 0 Å². The molecule has 1 aliphatic rings. The highest BCUT2D eigenvalue weighted by Crippen LogP contribution is 2.19. The van der Waals surface area contributed by atoms with E-state index in [1.807, 2.05) is 44.2 Å². The normalized spacial score (nSPS) is 25.5. The molecule has 0 aliphatic carbocycles. The van der Waals surface area contributed by atoms with Gasteiger partial charge < -0.3 is 5.32 Å². The molecule has 1 aromatic rings. The highest BCUT2D eigenvalue weighted by Gasteiger charge is 2.37. The molecular formula is C11H15N3O. The van der Waals surface area contributed by atoms with Crippen LogP contribution in [-0.2, 0) is 0 Å². The second-order valence-electron chi connectivity index (χ2n) is 3.90. The lowest BCUT2D eigenvalue weighted by molar-refractivity contribution is 0.247. The number of hydrogen-bond acceptors (Lipinski definition) is 2. The molecule has 80 valence electrons. The van der Waals surface area contributed by atoms with Gasteiger partial charge in [0.1, 0.15) is 5.66 Å². The highest BCUT2D eigenvalue weighted by molar-refractivity contribution is 5.93. The number of urea groups is 1. The van der Waals surface area contributed by atoms with E-state index >= 15 is 0 Å². The van der Waals surface area contributed by atoms with Crippen molar-refractivity contribution >= 4 is 11.7 Å². The maximum absolute atomic E-state index is 11.7. The van der Waals surface area contributed by atoms with Crippen molar-refractivity contribution in [3.8, 4) is 0 Å². The third kappa shape index (κ3) is 1.80. The molecule has 1 fully saturated rings. The zero-order valence-corrected chi connectivity index (χ0v) is 8.95. The van der Waals surface area contributed by atoms with E-state index in [0.717, 1.165) is 12.1 Å². The van der Waals surface area contributed by atoms with E-state index in [0.29, 0.717) is 0 Å². The van der Waals surface area contributed by atoms with Crippen molar-refractivity contribution in [3.63, 3.8) is 0 Å². The lowest BCUT2D eigenvalue weighted by Gasteiger charge is -2.23. The third-order valence-corrected chi connectivity index (χ3v) is 2.67. The average molecular weight is 205 g/mol. The summed E-state index contributed by atoms with van der Waals surface area (Å²) in [5, 5.41) is 4.45. The molecule has 2 N–H and O–H groups in total. The van der Waals surface area contributed by atoms with E-state index < -0.39 is 0 Å². The van der Waals surface area contributed by atoms with Crippen molar-refractivity contribution in [1.82, 2.24) is 10.7 Å². The Bertz CT molecular complexity index is 365. The number of carbonyl (C=O) groups excluding carboxylic acids is 1. The summed E-state index contributed by atoms with van der Waals surface area (Å²) in [6, 6.07) is 9.43. The topological polar surface area (TPSA) is 44.4 Å². The molecule has 4 heteroatoms. The maximum Gasteiger partial charge on any atom is 0.338 e. The fourth-order valence-corrected chi connectivity index (χ4v) is 1.54. The van der Waals surface area contributed by atoms with Crippen LogP contribution in [0.2, 0.25) is 0 Å². The average Bonchev–Trinajstić information content (AvgIpc) is 2.57. The molecule has 1 aromatic carbocycles. The number of para-hydroxylation sites is 1. The first-order valence-corrected chi connectivity index (χ1v) is 5.10. The molecule has 4 nitrogen and oxygen atoms in total. The Labute approximate surface area is 89.2 Å². The Kier molecular flexibility index (Phi) is 2.36. The lowest BCUT2D eigenvalue weighted by Crippen LogP contribution is -2.47. The van der Waals surface area contributed by atoms with Crippen LogP contribution in [0.3, 0.4) is 0 Å². The van der Waals surface area contributed by atoms with Gasteiger partial charge in [-0.3, -0.25) is 0 Å². The molecule has 0 bridgehead atoms. The van der Waals surface area contributed by atoms with Crippen molar-refractivity contribution < 1.29 is 4.79 Å². The molecule has 0 saturated carbocycles. The minimum absolute atomic E-state index is 0.106. The number of hydrogen-bond donors (Lipinski definition) is 2. The van der Waals surface area contributed by atoms with Crippen LogP contribution in [0.4, 0.5) is 10.5 Å². The summed E-state index contributed by atoms with van der Waals surface area (Å²) < 4.78 is 0. The van der Waals surface area contributed by atoms with Crippen LogP contribution in [0, 0.1) is 0 Å². The molecule has 0 radical (unpaired) electrons. The lowest BCUT2D eigenvalue weighted by atomic mass is 10.2. The Morgan fingerprint density at radius 2 is 2.00 bits per heavy atom. The number of hydrazine groups is 1. The second-order valence-corrected chi connectivity index (χ2v) is 3.90. The van der Waals surface area contributed by atoms with Crippen molar-refractivity contribution in [3.05, 3.63) is 30.3 Å². The van der Waals surface area contributed by atoms with Crippen LogP contribution in [0.25, 0.3) is 0 Å². The molecule has 1 heterocycles. The summed E-state index contributed by atoms with van der Waals surface area (Å²) in [5.74, 6) is 0. The van der Waals surface area contributed by atoms with E-state index in [9.17, 15) is 4.79 Å². The Hall–Kier alpha value is -1.55. The number of nitrogens with zero attached hydrogens (tertiary/aromatic N) is 1. The molecular weight excluding hydrogens is 190 g/mol. The number of amides is 2. The van der Waals surface area contributed by atoms with Crippen LogP contribution in [-0.4, -0.2) is 11.7 Å². The van der Waals surface area contributed by atoms with Crippen LogP contribution < -0.4 is 15.8 Å². The quantitative estimate of drug-likeness (QED) is 0.773. The zero-order chi connectivity index (χ0) is 10.9. The third-order valence-electron chi connectivity index (χ3n) is 2.67. The smallest absolute Gasteiger partial charge is 0.317 e. The maximum atomic E-state index is 11.7. The summed E-state index contributed by atoms with van der Waals surface area (Å²) in [5.41, 5.74) is 3.67. The van der Waals surface area contributed by atoms with Crippen LogP contribution in [0.5, 0.6) is 0 Å². The number of nitrogens with one attached hydrogen (secondary N) is 2. The molecule has 1 atom stereocenters. The van der Waals surface area contributed by atoms with E-state index in [1.54, 1.807) is 5.01 Å². The zero-order valence-electron chi connectivity index (χ0n) is 8.95. The molecule has 15 heavy (non-hydrogen) atoms. The van der Waals surface area contributed by atoms with Crippen molar-refractivity contribution in [1.29, 1.82) is 0 Å². The Balaban J connectivity index is 2.23. The largest absolute Gasteiger partial charge is 0.338 e. The van der Waals surface area contributed by atoms with Gasteiger partial charge in [0.2, 0.25) is 0 Å². The van der Waals surface area contributed by atoms with Gasteiger partial charge in [-0.25, -0.2) is 15.2 Å². The van der Waals surface area contributed by atoms with E-state index in [-0.39, 0.29) is 11.7 Å². The fraction of sp³-hybridized carbons (Fsp3) is 0.364. The van der Waals surface area contributed by atoms with Crippen LogP contribution in [0.15, 0.2) is 30.3 Å². The summed E-state index contributed by atoms with van der Waals surface area (Å²) in [6.45, 7) is 4.00. The van der Waals surface area contributed by atoms with Gasteiger partial charge >= 0.3 is 6.03 Å². The monoisotopic (exact) mass is 205 g/mol. The first-order chi connectivity index (χ1) is 7.14. The number of anilines is 1. The van der Waals surface area contributed by atoms with Gasteiger partial charge in [-0.05, 0) is 25.5 Å². The standard InChI is InChI=1S/C11H15N3O/c1-3-11(2)12-10(15)14(13-11)9-7-5-4-6-8-9/h4-8,13H,3H2,1-2H3,(H,12,15)/t11-/m1/s1. The van der Waals surface area contributed by atoms with Crippen LogP contribution in [0.1, 0.15) is 20.3 Å². The summed E-state index contributed by atoms with van der Waals surface area (Å²) in [4.78, 5) is 11.7. The van der Waals surface area contributed by atoms with Crippen LogP contribution >= 0.6 is 0 Å². The molecule has 0 unspecified atom stereocenters. The van der Waals surface area contributed by atoms with Gasteiger partial charge in [0.25, 0.3) is 0 Å². The first-order valence-electron chi connectivity index (χ1n) is 5.10. The minimum atomic E-state index is -0.340. The Morgan fingerprint density at radius 1 is 1.33 bits per heavy atom. The molecule has 1 saturated heterocycles. The highest BCUT2D eigenvalue weighted by atomic mass is 16.2. The Morgan fingerprint density at radius 3 is 2.53 bits per heavy atom. The summed E-state index contributed by atoms with van der Waals surface area (Å²) in [7, 11) is 0. The molecule has 2 rings (SSSR count). The predicted octanol–water partition coefficient (Wildman–Crippen LogP) is 1.85. The summed E-state index contributed by atoms with van der Waals surface area (Å²) in [6.07, 6.45) is 0.835. The minimum Gasteiger partial charge on any atom is -0.317 e. The number of benzene rings is 1. The van der Waals surface area contributed by atoms with Gasteiger partial charge in [-0.15, -0.1) is 0 Å². The van der Waals surface area contributed by atoms with Gasteiger partial charge in [0.15, 0.2) is 0 Å². The molecule has 0 aromatic heterocycles. The van der Waals surface area contributed by atoms with Crippen molar-refractivity contribution in [2.24, 2.45) is 0 Å². The number of rotatable bonds is 2. The van der Waals surface area contributed by atoms with Gasteiger partial charge in [-0.2, -0.15) is 0 Å². The molecule has 0 spiro atoms. The number of carbonyl (C=O) groups is 1. The molecule has 2 amide bonds. The first kappa shape index (κ1) is 9.98. The SMILES string of the molecule is CC[C@]1(C)NC(=O)N(c2ccccc2)N1. The second kappa shape index (κ2) is 3.55. The van der Waals surface area contributed by atoms with E-state index in [2.05, 4.69) is 10.7 Å². The van der Waals surface area contributed by atoms with Gasteiger partial charge in [0, 0.05) is 0 Å². The summed E-state index contributed by atoms with van der Waals surface area (Å²) >= 11 is 0.